The molecule has 2 unspecified atom stereocenters. The smallest absolute Gasteiger partial charge is 0.0820 e. The van der Waals surface area contributed by atoms with Crippen molar-refractivity contribution in [2.75, 3.05) is 6.61 Å². The van der Waals surface area contributed by atoms with Crippen LogP contribution in [0.4, 0.5) is 0 Å². The van der Waals surface area contributed by atoms with Crippen molar-refractivity contribution in [2.24, 2.45) is 11.8 Å². The molecule has 0 heterocycles. The van der Waals surface area contributed by atoms with E-state index in [2.05, 4.69) is 26.2 Å². The average Bonchev–Trinajstić information content (AvgIpc) is 2.31. The molecule has 3 N–H and O–H groups in total. The Morgan fingerprint density at radius 1 is 1.31 bits per heavy atom. The second kappa shape index (κ2) is 6.58. The van der Waals surface area contributed by atoms with Crippen molar-refractivity contribution in [1.82, 2.24) is 5.43 Å². The van der Waals surface area contributed by atoms with Crippen molar-refractivity contribution >= 4 is 0 Å². The third-order valence-corrected chi connectivity index (χ3v) is 4.13. The van der Waals surface area contributed by atoms with Crippen LogP contribution < -0.4 is 11.3 Å². The molecule has 0 saturated heterocycles. The van der Waals surface area contributed by atoms with E-state index in [-0.39, 0.29) is 11.6 Å². The van der Waals surface area contributed by atoms with Crippen molar-refractivity contribution in [3.63, 3.8) is 0 Å². The van der Waals surface area contributed by atoms with E-state index >= 15 is 0 Å². The van der Waals surface area contributed by atoms with E-state index in [4.69, 9.17) is 10.6 Å². The topological polar surface area (TPSA) is 47.3 Å². The Morgan fingerprint density at radius 3 is 2.38 bits per heavy atom. The predicted octanol–water partition coefficient (Wildman–Crippen LogP) is 2.60. The van der Waals surface area contributed by atoms with Gasteiger partial charge in [-0.25, -0.2) is 0 Å². The molecule has 0 aliphatic heterocycles. The molecule has 1 aliphatic carbocycles. The molecule has 2 atom stereocenters. The second-order valence-corrected chi connectivity index (χ2v) is 5.14. The molecule has 3 nitrogen and oxygen atoms in total. The van der Waals surface area contributed by atoms with E-state index in [1.807, 2.05) is 0 Å². The van der Waals surface area contributed by atoms with Gasteiger partial charge in [0.05, 0.1) is 11.6 Å². The Hall–Kier alpha value is -0.120. The number of hydrogen-bond acceptors (Lipinski definition) is 3. The maximum Gasteiger partial charge on any atom is 0.0820 e. The zero-order valence-electron chi connectivity index (χ0n) is 11.1. The lowest BCUT2D eigenvalue weighted by molar-refractivity contribution is -0.0731. The molecule has 0 aromatic carbocycles. The van der Waals surface area contributed by atoms with Crippen LogP contribution in [0, 0.1) is 5.92 Å². The van der Waals surface area contributed by atoms with Crippen LogP contribution in [0.5, 0.6) is 0 Å². The third-order valence-electron chi connectivity index (χ3n) is 4.13. The number of nitrogens with two attached hydrogens (primary N) is 1. The maximum absolute atomic E-state index is 5.94. The van der Waals surface area contributed by atoms with Crippen LogP contribution >= 0.6 is 0 Å². The summed E-state index contributed by atoms with van der Waals surface area (Å²) >= 11 is 0. The highest BCUT2D eigenvalue weighted by atomic mass is 16.5. The molecule has 1 aliphatic rings. The minimum atomic E-state index is -0.120. The van der Waals surface area contributed by atoms with Gasteiger partial charge in [0.25, 0.3) is 0 Å². The zero-order chi connectivity index (χ0) is 12.0. The summed E-state index contributed by atoms with van der Waals surface area (Å²) in [6.07, 6.45) is 7.65. The highest BCUT2D eigenvalue weighted by molar-refractivity contribution is 4.93. The summed E-state index contributed by atoms with van der Waals surface area (Å²) in [7, 11) is 0. The van der Waals surface area contributed by atoms with Crippen LogP contribution in [0.1, 0.15) is 59.3 Å². The summed E-state index contributed by atoms with van der Waals surface area (Å²) in [4.78, 5) is 0. The number of hydrogen-bond donors (Lipinski definition) is 2. The average molecular weight is 228 g/mol. The first-order valence-electron chi connectivity index (χ1n) is 6.78. The Kier molecular flexibility index (Phi) is 5.73. The first-order chi connectivity index (χ1) is 7.68. The van der Waals surface area contributed by atoms with E-state index in [1.54, 1.807) is 0 Å². The van der Waals surface area contributed by atoms with Gasteiger partial charge in [-0.15, -0.1) is 0 Å². The predicted molar refractivity (Wildman–Crippen MR) is 68.0 cm³/mol. The van der Waals surface area contributed by atoms with E-state index in [9.17, 15) is 0 Å². The van der Waals surface area contributed by atoms with Crippen LogP contribution in [0.15, 0.2) is 0 Å². The lowest BCUT2D eigenvalue weighted by atomic mass is 9.76. The first kappa shape index (κ1) is 13.9. The van der Waals surface area contributed by atoms with Gasteiger partial charge in [0, 0.05) is 6.61 Å². The summed E-state index contributed by atoms with van der Waals surface area (Å²) in [6.45, 7) is 7.19. The van der Waals surface area contributed by atoms with Gasteiger partial charge in [-0.3, -0.25) is 11.3 Å². The summed E-state index contributed by atoms with van der Waals surface area (Å²) in [5.74, 6) is 6.44. The van der Waals surface area contributed by atoms with Gasteiger partial charge in [0.15, 0.2) is 0 Å². The molecular formula is C13H28N2O. The lowest BCUT2D eigenvalue weighted by Crippen LogP contribution is -2.57. The fourth-order valence-electron chi connectivity index (χ4n) is 3.02. The number of nitrogens with one attached hydrogen (secondary N) is 1. The highest BCUT2D eigenvalue weighted by Gasteiger charge is 2.38. The number of ether oxygens (including phenoxy) is 1. The summed E-state index contributed by atoms with van der Waals surface area (Å²) in [5, 5.41) is 0. The fourth-order valence-corrected chi connectivity index (χ4v) is 3.02. The maximum atomic E-state index is 5.94. The van der Waals surface area contributed by atoms with Gasteiger partial charge in [0.2, 0.25) is 0 Å². The van der Waals surface area contributed by atoms with Crippen LogP contribution in [0.2, 0.25) is 0 Å². The molecule has 1 rings (SSSR count). The van der Waals surface area contributed by atoms with E-state index < -0.39 is 0 Å². The summed E-state index contributed by atoms with van der Waals surface area (Å²) in [6, 6.07) is 0.290. The first-order valence-corrected chi connectivity index (χ1v) is 6.78. The van der Waals surface area contributed by atoms with Crippen LogP contribution in [-0.4, -0.2) is 18.2 Å². The third kappa shape index (κ3) is 3.19. The monoisotopic (exact) mass is 228 g/mol. The number of hydrazine groups is 1. The van der Waals surface area contributed by atoms with Gasteiger partial charge >= 0.3 is 0 Å². The van der Waals surface area contributed by atoms with Crippen LogP contribution in [-0.2, 0) is 4.74 Å². The molecule has 0 aromatic heterocycles. The lowest BCUT2D eigenvalue weighted by Gasteiger charge is -2.42. The molecule has 3 heteroatoms. The molecule has 16 heavy (non-hydrogen) atoms. The van der Waals surface area contributed by atoms with Crippen LogP contribution in [0.25, 0.3) is 0 Å². The molecule has 0 amide bonds. The van der Waals surface area contributed by atoms with Gasteiger partial charge in [-0.1, -0.05) is 26.2 Å². The van der Waals surface area contributed by atoms with Gasteiger partial charge in [-0.05, 0) is 39.0 Å². The Morgan fingerprint density at radius 2 is 1.94 bits per heavy atom. The van der Waals surface area contributed by atoms with Gasteiger partial charge < -0.3 is 4.74 Å². The molecule has 1 fully saturated rings. The molecule has 0 bridgehead atoms. The van der Waals surface area contributed by atoms with Gasteiger partial charge in [0.1, 0.15) is 0 Å². The van der Waals surface area contributed by atoms with Gasteiger partial charge in [-0.2, -0.15) is 0 Å². The standard InChI is InChI=1S/C13H28N2O/c1-4-13(3,16-5-2)12(15-14)11-9-7-6-8-10-11/h11-12,15H,4-10,14H2,1-3H3. The minimum Gasteiger partial charge on any atom is -0.374 e. The van der Waals surface area contributed by atoms with Crippen molar-refractivity contribution in [3.8, 4) is 0 Å². The summed E-state index contributed by atoms with van der Waals surface area (Å²) in [5.41, 5.74) is 2.90. The Balaban J connectivity index is 2.68. The van der Waals surface area contributed by atoms with Crippen molar-refractivity contribution in [2.45, 2.75) is 70.9 Å². The van der Waals surface area contributed by atoms with Crippen LogP contribution in [0.3, 0.4) is 0 Å². The SMILES string of the molecule is CCOC(C)(CC)C(NN)C1CCCCC1. The van der Waals surface area contributed by atoms with E-state index in [0.29, 0.717) is 5.92 Å². The minimum absolute atomic E-state index is 0.120. The molecular weight excluding hydrogens is 200 g/mol. The van der Waals surface area contributed by atoms with E-state index in [1.165, 1.54) is 32.1 Å². The molecule has 96 valence electrons. The largest absolute Gasteiger partial charge is 0.374 e. The second-order valence-electron chi connectivity index (χ2n) is 5.14. The van der Waals surface area contributed by atoms with Crippen molar-refractivity contribution in [1.29, 1.82) is 0 Å². The quantitative estimate of drug-likeness (QED) is 0.542. The molecule has 0 radical (unpaired) electrons. The molecule has 0 spiro atoms. The zero-order valence-corrected chi connectivity index (χ0v) is 11.1. The van der Waals surface area contributed by atoms with Crippen molar-refractivity contribution < 1.29 is 4.74 Å². The Labute approximate surface area is 100 Å². The number of rotatable bonds is 6. The normalized spacial score (nSPS) is 24.0. The van der Waals surface area contributed by atoms with E-state index in [0.717, 1.165) is 13.0 Å². The highest BCUT2D eigenvalue weighted by Crippen LogP contribution is 2.33. The molecule has 1 saturated carbocycles. The summed E-state index contributed by atoms with van der Waals surface area (Å²) < 4.78 is 5.94. The molecule has 0 aromatic rings. The van der Waals surface area contributed by atoms with Crippen molar-refractivity contribution in [3.05, 3.63) is 0 Å². The Bertz CT molecular complexity index is 192. The fraction of sp³-hybridized carbons (Fsp3) is 1.00.